The van der Waals surface area contributed by atoms with Crippen LogP contribution in [0.25, 0.3) is 0 Å². The first-order valence-electron chi connectivity index (χ1n) is 9.06. The van der Waals surface area contributed by atoms with Crippen LogP contribution in [-0.2, 0) is 16.0 Å². The summed E-state index contributed by atoms with van der Waals surface area (Å²) in [4.78, 5) is 12.6. The summed E-state index contributed by atoms with van der Waals surface area (Å²) in [5.74, 6) is 5.84. The predicted octanol–water partition coefficient (Wildman–Crippen LogP) is 2.77. The first-order valence-corrected chi connectivity index (χ1v) is 9.06. The zero-order chi connectivity index (χ0) is 19.0. The molecule has 0 fully saturated rings. The molecule has 0 aliphatic carbocycles. The van der Waals surface area contributed by atoms with Gasteiger partial charge in [-0.15, -0.1) is 0 Å². The number of nitrogens with two attached hydrogens (primary N) is 1. The van der Waals surface area contributed by atoms with Gasteiger partial charge in [0.25, 0.3) is 0 Å². The summed E-state index contributed by atoms with van der Waals surface area (Å²) in [5.41, 5.74) is 0.581. The van der Waals surface area contributed by atoms with Gasteiger partial charge in [-0.05, 0) is 38.7 Å². The van der Waals surface area contributed by atoms with E-state index in [2.05, 4.69) is 6.92 Å². The number of benzene rings is 1. The number of esters is 1. The van der Waals surface area contributed by atoms with Gasteiger partial charge < -0.3 is 9.84 Å². The maximum Gasteiger partial charge on any atom is 0.311 e. The third-order valence-corrected chi connectivity index (χ3v) is 4.44. The lowest BCUT2D eigenvalue weighted by atomic mass is 9.90. The normalized spacial score (nSPS) is 15.7. The molecule has 1 rings (SSSR count). The Hall–Kier alpha value is -1.43. The quantitative estimate of drug-likeness (QED) is 0.407. The van der Waals surface area contributed by atoms with Crippen LogP contribution in [0.15, 0.2) is 30.3 Å². The molecule has 0 saturated carbocycles. The van der Waals surface area contributed by atoms with Crippen LogP contribution < -0.4 is 5.84 Å². The Bertz CT molecular complexity index is 513. The number of aliphatic hydroxyl groups is 1. The largest absolute Gasteiger partial charge is 0.460 e. The summed E-state index contributed by atoms with van der Waals surface area (Å²) in [6, 6.07) is 9.67. The van der Waals surface area contributed by atoms with Crippen molar-refractivity contribution in [1.82, 2.24) is 5.01 Å². The third kappa shape index (κ3) is 7.55. The van der Waals surface area contributed by atoms with Crippen LogP contribution in [0.4, 0.5) is 0 Å². The van der Waals surface area contributed by atoms with Crippen molar-refractivity contribution in [3.05, 3.63) is 35.9 Å². The van der Waals surface area contributed by atoms with E-state index in [1.807, 2.05) is 58.0 Å². The molecule has 0 aromatic heterocycles. The van der Waals surface area contributed by atoms with Crippen LogP contribution in [0.3, 0.4) is 0 Å². The van der Waals surface area contributed by atoms with Gasteiger partial charge in [0.2, 0.25) is 0 Å². The molecule has 142 valence electrons. The first kappa shape index (κ1) is 21.6. The number of hydrogen-bond acceptors (Lipinski definition) is 5. The maximum absolute atomic E-state index is 12.6. The molecule has 0 heterocycles. The van der Waals surface area contributed by atoms with Gasteiger partial charge in [-0.2, -0.15) is 0 Å². The predicted molar refractivity (Wildman–Crippen MR) is 101 cm³/mol. The first-order chi connectivity index (χ1) is 11.7. The summed E-state index contributed by atoms with van der Waals surface area (Å²) in [6.45, 7) is 9.99. The van der Waals surface area contributed by atoms with Crippen molar-refractivity contribution < 1.29 is 14.6 Å². The number of hydrazine groups is 1. The molecule has 0 amide bonds. The van der Waals surface area contributed by atoms with Crippen molar-refractivity contribution in [2.24, 2.45) is 17.7 Å². The monoisotopic (exact) mass is 350 g/mol. The standard InChI is InChI=1S/C20H34N2O3/c1-6-15(2)18(19(24)25-20(3,4)5)13-22(21)17(14-23)12-16-10-8-7-9-11-16/h7-11,15,17-18,23H,6,12-14,21H2,1-5H3. The summed E-state index contributed by atoms with van der Waals surface area (Å²) in [5, 5.41) is 11.3. The molecule has 3 N–H and O–H groups in total. The number of carbonyl (C=O) groups excluding carboxylic acids is 1. The van der Waals surface area contributed by atoms with E-state index in [9.17, 15) is 9.90 Å². The number of ether oxygens (including phenoxy) is 1. The van der Waals surface area contributed by atoms with E-state index in [4.69, 9.17) is 10.6 Å². The van der Waals surface area contributed by atoms with E-state index in [1.54, 1.807) is 5.01 Å². The topological polar surface area (TPSA) is 75.8 Å². The average Bonchev–Trinajstić information content (AvgIpc) is 2.55. The van der Waals surface area contributed by atoms with Crippen molar-refractivity contribution in [2.75, 3.05) is 13.2 Å². The molecule has 3 atom stereocenters. The second kappa shape index (κ2) is 9.90. The second-order valence-electron chi connectivity index (χ2n) is 7.75. The van der Waals surface area contributed by atoms with E-state index in [0.717, 1.165) is 12.0 Å². The smallest absolute Gasteiger partial charge is 0.311 e. The second-order valence-corrected chi connectivity index (χ2v) is 7.75. The van der Waals surface area contributed by atoms with Crippen molar-refractivity contribution in [3.8, 4) is 0 Å². The number of hydrogen-bond donors (Lipinski definition) is 2. The molecule has 0 bridgehead atoms. The minimum Gasteiger partial charge on any atom is -0.460 e. The Balaban J connectivity index is 2.81. The molecule has 5 heteroatoms. The van der Waals surface area contributed by atoms with Gasteiger partial charge in [0, 0.05) is 6.54 Å². The van der Waals surface area contributed by atoms with Crippen molar-refractivity contribution in [3.63, 3.8) is 0 Å². The van der Waals surface area contributed by atoms with Gasteiger partial charge in [0.05, 0.1) is 18.6 Å². The van der Waals surface area contributed by atoms with Gasteiger partial charge in [-0.3, -0.25) is 10.6 Å². The molecule has 0 radical (unpaired) electrons. The number of carbonyl (C=O) groups is 1. The van der Waals surface area contributed by atoms with Crippen LogP contribution in [0, 0.1) is 11.8 Å². The highest BCUT2D eigenvalue weighted by Crippen LogP contribution is 2.22. The van der Waals surface area contributed by atoms with Crippen LogP contribution in [0.2, 0.25) is 0 Å². The molecular weight excluding hydrogens is 316 g/mol. The van der Waals surface area contributed by atoms with Gasteiger partial charge in [0.1, 0.15) is 5.60 Å². The lowest BCUT2D eigenvalue weighted by Crippen LogP contribution is -2.50. The molecule has 25 heavy (non-hydrogen) atoms. The fourth-order valence-corrected chi connectivity index (χ4v) is 2.70. The SMILES string of the molecule is CCC(C)C(CN(N)C(CO)Cc1ccccc1)C(=O)OC(C)(C)C. The Morgan fingerprint density at radius 1 is 1.28 bits per heavy atom. The summed E-state index contributed by atoms with van der Waals surface area (Å²) in [7, 11) is 0. The molecule has 5 nitrogen and oxygen atoms in total. The molecule has 0 aliphatic rings. The Morgan fingerprint density at radius 2 is 1.88 bits per heavy atom. The highest BCUT2D eigenvalue weighted by atomic mass is 16.6. The Kier molecular flexibility index (Phi) is 8.56. The molecule has 3 unspecified atom stereocenters. The van der Waals surface area contributed by atoms with Crippen LogP contribution >= 0.6 is 0 Å². The number of aliphatic hydroxyl groups excluding tert-OH is 1. The molecule has 0 saturated heterocycles. The highest BCUT2D eigenvalue weighted by Gasteiger charge is 2.31. The van der Waals surface area contributed by atoms with Crippen LogP contribution in [0.1, 0.15) is 46.6 Å². The maximum atomic E-state index is 12.6. The van der Waals surface area contributed by atoms with E-state index in [1.165, 1.54) is 0 Å². The summed E-state index contributed by atoms with van der Waals surface area (Å²) in [6.07, 6.45) is 1.50. The average molecular weight is 351 g/mol. The van der Waals surface area contributed by atoms with E-state index < -0.39 is 5.60 Å². The minimum absolute atomic E-state index is 0.0626. The Labute approximate surface area is 152 Å². The fraction of sp³-hybridized carbons (Fsp3) is 0.650. The zero-order valence-corrected chi connectivity index (χ0v) is 16.2. The van der Waals surface area contributed by atoms with Gasteiger partial charge in [0.15, 0.2) is 0 Å². The third-order valence-electron chi connectivity index (χ3n) is 4.44. The van der Waals surface area contributed by atoms with Gasteiger partial charge in [-0.25, -0.2) is 5.01 Å². The molecule has 1 aromatic rings. The van der Waals surface area contributed by atoms with E-state index >= 15 is 0 Å². The van der Waals surface area contributed by atoms with Gasteiger partial charge >= 0.3 is 5.97 Å². The van der Waals surface area contributed by atoms with E-state index in [-0.39, 0.29) is 30.5 Å². The molecular formula is C20H34N2O3. The molecule has 0 spiro atoms. The molecule has 0 aliphatic heterocycles. The minimum atomic E-state index is -0.525. The fourth-order valence-electron chi connectivity index (χ4n) is 2.70. The van der Waals surface area contributed by atoms with Crippen molar-refractivity contribution >= 4 is 5.97 Å². The summed E-state index contributed by atoms with van der Waals surface area (Å²) < 4.78 is 5.57. The zero-order valence-electron chi connectivity index (χ0n) is 16.2. The number of rotatable bonds is 9. The lowest BCUT2D eigenvalue weighted by molar-refractivity contribution is -0.163. The lowest BCUT2D eigenvalue weighted by Gasteiger charge is -2.33. The Morgan fingerprint density at radius 3 is 2.36 bits per heavy atom. The van der Waals surface area contributed by atoms with Crippen LogP contribution in [0.5, 0.6) is 0 Å². The van der Waals surface area contributed by atoms with Gasteiger partial charge in [-0.1, -0.05) is 50.6 Å². The summed E-state index contributed by atoms with van der Waals surface area (Å²) >= 11 is 0. The molecule has 1 aromatic carbocycles. The van der Waals surface area contributed by atoms with Crippen LogP contribution in [-0.4, -0.2) is 40.9 Å². The van der Waals surface area contributed by atoms with E-state index in [0.29, 0.717) is 13.0 Å². The van der Waals surface area contributed by atoms with Crippen molar-refractivity contribution in [1.29, 1.82) is 0 Å². The number of nitrogens with zero attached hydrogens (tertiary/aromatic N) is 1. The highest BCUT2D eigenvalue weighted by molar-refractivity contribution is 5.73. The van der Waals surface area contributed by atoms with Crippen molar-refractivity contribution in [2.45, 2.75) is 59.1 Å².